The molecule has 3 rings (SSSR count). The lowest BCUT2D eigenvalue weighted by Gasteiger charge is -2.07. The second-order valence-corrected chi connectivity index (χ2v) is 4.83. The summed E-state index contributed by atoms with van der Waals surface area (Å²) in [5.41, 5.74) is 2.42. The minimum absolute atomic E-state index is 0.447. The van der Waals surface area contributed by atoms with E-state index >= 15 is 0 Å². The summed E-state index contributed by atoms with van der Waals surface area (Å²) in [5.74, 6) is 1.40. The van der Waals surface area contributed by atoms with Crippen molar-refractivity contribution in [3.63, 3.8) is 0 Å². The van der Waals surface area contributed by atoms with Crippen molar-refractivity contribution in [1.82, 2.24) is 15.1 Å². The van der Waals surface area contributed by atoms with Gasteiger partial charge in [0.15, 0.2) is 0 Å². The van der Waals surface area contributed by atoms with Crippen LogP contribution in [0.5, 0.6) is 5.88 Å². The third-order valence-electron chi connectivity index (χ3n) is 2.96. The molecule has 1 aromatic carbocycles. The van der Waals surface area contributed by atoms with Crippen LogP contribution in [0.15, 0.2) is 40.9 Å². The van der Waals surface area contributed by atoms with Crippen LogP contribution in [0.2, 0.25) is 5.02 Å². The molecule has 0 spiro atoms. The van der Waals surface area contributed by atoms with Crippen LogP contribution in [0.3, 0.4) is 0 Å². The molecule has 0 N–H and O–H groups in total. The van der Waals surface area contributed by atoms with Gasteiger partial charge in [0.25, 0.3) is 0 Å². The Hall–Kier alpha value is -2.40. The summed E-state index contributed by atoms with van der Waals surface area (Å²) in [7, 11) is 1.56. The molecule has 0 saturated carbocycles. The van der Waals surface area contributed by atoms with Gasteiger partial charge in [0.1, 0.15) is 0 Å². The Balaban J connectivity index is 2.04. The van der Waals surface area contributed by atoms with Gasteiger partial charge in [-0.25, -0.2) is 4.98 Å². The van der Waals surface area contributed by atoms with Crippen LogP contribution < -0.4 is 4.74 Å². The fourth-order valence-electron chi connectivity index (χ4n) is 1.96. The second kappa shape index (κ2) is 5.54. The fraction of sp³-hybridized carbons (Fsp3) is 0.133. The number of methoxy groups -OCH3 is 1. The van der Waals surface area contributed by atoms with Crippen molar-refractivity contribution in [2.24, 2.45) is 0 Å². The van der Waals surface area contributed by atoms with Crippen LogP contribution in [0.25, 0.3) is 22.6 Å². The molecule has 106 valence electrons. The van der Waals surface area contributed by atoms with Gasteiger partial charge in [-0.3, -0.25) is 0 Å². The molecule has 2 heterocycles. The molecule has 5 nitrogen and oxygen atoms in total. The lowest BCUT2D eigenvalue weighted by Crippen LogP contribution is -1.95. The van der Waals surface area contributed by atoms with Gasteiger partial charge in [0.2, 0.25) is 17.6 Å². The number of hydrogen-bond donors (Lipinski definition) is 0. The minimum Gasteiger partial charge on any atom is -0.480 e. The zero-order valence-corrected chi connectivity index (χ0v) is 12.3. The molecule has 0 aliphatic heterocycles. The van der Waals surface area contributed by atoms with Crippen molar-refractivity contribution in [3.05, 3.63) is 47.3 Å². The van der Waals surface area contributed by atoms with Crippen LogP contribution in [0, 0.1) is 6.92 Å². The van der Waals surface area contributed by atoms with E-state index in [4.69, 9.17) is 20.9 Å². The summed E-state index contributed by atoms with van der Waals surface area (Å²) >= 11 is 5.89. The van der Waals surface area contributed by atoms with E-state index < -0.39 is 0 Å². The second-order valence-electron chi connectivity index (χ2n) is 4.40. The molecule has 0 aliphatic rings. The molecular formula is C15H12ClN3O2. The number of aryl methyl sites for hydroxylation is 1. The molecule has 0 bridgehead atoms. The first-order chi connectivity index (χ1) is 10.2. The van der Waals surface area contributed by atoms with Gasteiger partial charge in [-0.1, -0.05) is 28.9 Å². The fourth-order valence-corrected chi connectivity index (χ4v) is 2.08. The smallest absolute Gasteiger partial charge is 0.225 e. The van der Waals surface area contributed by atoms with Gasteiger partial charge >= 0.3 is 0 Å². The van der Waals surface area contributed by atoms with Gasteiger partial charge in [-0.15, -0.1) is 0 Å². The van der Waals surface area contributed by atoms with E-state index in [9.17, 15) is 0 Å². The third-order valence-corrected chi connectivity index (χ3v) is 3.21. The molecule has 3 aromatic rings. The van der Waals surface area contributed by atoms with Crippen molar-refractivity contribution in [2.75, 3.05) is 7.11 Å². The SMILES string of the molecule is COc1nc(-c2ccc(Cl)cc2)ccc1-c1noc(C)n1. The quantitative estimate of drug-likeness (QED) is 0.737. The molecule has 0 unspecified atom stereocenters. The highest BCUT2D eigenvalue weighted by Crippen LogP contribution is 2.29. The normalized spacial score (nSPS) is 10.6. The van der Waals surface area contributed by atoms with E-state index in [0.717, 1.165) is 11.3 Å². The number of rotatable bonds is 3. The molecular weight excluding hydrogens is 290 g/mol. The first-order valence-electron chi connectivity index (χ1n) is 6.29. The molecule has 0 atom stereocenters. The number of nitrogens with zero attached hydrogens (tertiary/aromatic N) is 3. The van der Waals surface area contributed by atoms with E-state index in [1.54, 1.807) is 14.0 Å². The average molecular weight is 302 g/mol. The van der Waals surface area contributed by atoms with E-state index in [1.165, 1.54) is 0 Å². The van der Waals surface area contributed by atoms with Crippen molar-refractivity contribution in [3.8, 4) is 28.5 Å². The Bertz CT molecular complexity index is 769. The van der Waals surface area contributed by atoms with Crippen molar-refractivity contribution in [2.45, 2.75) is 6.92 Å². The number of pyridine rings is 1. The monoisotopic (exact) mass is 301 g/mol. The first-order valence-corrected chi connectivity index (χ1v) is 6.67. The van der Waals surface area contributed by atoms with E-state index in [2.05, 4.69) is 15.1 Å². The van der Waals surface area contributed by atoms with E-state index in [0.29, 0.717) is 28.2 Å². The number of benzene rings is 1. The Labute approximate surface area is 126 Å². The number of hydrogen-bond acceptors (Lipinski definition) is 5. The Morgan fingerprint density at radius 3 is 2.43 bits per heavy atom. The molecule has 6 heteroatoms. The van der Waals surface area contributed by atoms with Gasteiger partial charge < -0.3 is 9.26 Å². The number of halogens is 1. The average Bonchev–Trinajstić information content (AvgIpc) is 2.94. The Morgan fingerprint density at radius 2 is 1.81 bits per heavy atom. The molecule has 21 heavy (non-hydrogen) atoms. The molecule has 0 aliphatic carbocycles. The predicted octanol–water partition coefficient (Wildman–Crippen LogP) is 3.77. The zero-order chi connectivity index (χ0) is 14.8. The molecule has 0 amide bonds. The lowest BCUT2D eigenvalue weighted by molar-refractivity contribution is 0.390. The molecule has 2 aromatic heterocycles. The van der Waals surface area contributed by atoms with E-state index in [-0.39, 0.29) is 0 Å². The molecule has 0 fully saturated rings. The van der Waals surface area contributed by atoms with Gasteiger partial charge in [0.05, 0.1) is 18.4 Å². The zero-order valence-electron chi connectivity index (χ0n) is 11.5. The molecule has 0 saturated heterocycles. The third kappa shape index (κ3) is 2.73. The van der Waals surface area contributed by atoms with Crippen molar-refractivity contribution < 1.29 is 9.26 Å². The highest BCUT2D eigenvalue weighted by Gasteiger charge is 2.14. The minimum atomic E-state index is 0.447. The summed E-state index contributed by atoms with van der Waals surface area (Å²) in [6, 6.07) is 11.2. The van der Waals surface area contributed by atoms with Crippen LogP contribution in [0.1, 0.15) is 5.89 Å². The summed E-state index contributed by atoms with van der Waals surface area (Å²) < 4.78 is 10.3. The number of aromatic nitrogens is 3. The van der Waals surface area contributed by atoms with E-state index in [1.807, 2.05) is 36.4 Å². The maximum absolute atomic E-state index is 5.89. The topological polar surface area (TPSA) is 61.0 Å². The summed E-state index contributed by atoms with van der Waals surface area (Å²) in [6.45, 7) is 1.73. The van der Waals surface area contributed by atoms with Gasteiger partial charge in [-0.05, 0) is 24.3 Å². The van der Waals surface area contributed by atoms with Crippen LogP contribution in [-0.2, 0) is 0 Å². The van der Waals surface area contributed by atoms with Crippen molar-refractivity contribution >= 4 is 11.6 Å². The largest absolute Gasteiger partial charge is 0.480 e. The van der Waals surface area contributed by atoms with Gasteiger partial charge in [0, 0.05) is 17.5 Å². The highest BCUT2D eigenvalue weighted by atomic mass is 35.5. The summed E-state index contributed by atoms with van der Waals surface area (Å²) in [4.78, 5) is 8.68. The molecule has 0 radical (unpaired) electrons. The Morgan fingerprint density at radius 1 is 1.05 bits per heavy atom. The van der Waals surface area contributed by atoms with Gasteiger partial charge in [-0.2, -0.15) is 4.98 Å². The predicted molar refractivity (Wildman–Crippen MR) is 79.3 cm³/mol. The first kappa shape index (κ1) is 13.6. The summed E-state index contributed by atoms with van der Waals surface area (Å²) in [5, 5.41) is 4.57. The summed E-state index contributed by atoms with van der Waals surface area (Å²) in [6.07, 6.45) is 0. The van der Waals surface area contributed by atoms with Crippen LogP contribution in [-0.4, -0.2) is 22.2 Å². The van der Waals surface area contributed by atoms with Crippen LogP contribution in [0.4, 0.5) is 0 Å². The maximum atomic E-state index is 5.89. The standard InChI is InChI=1S/C15H12ClN3O2/c1-9-17-14(19-21-9)12-7-8-13(18-15(12)20-2)10-3-5-11(16)6-4-10/h3-8H,1-2H3. The number of ether oxygens (including phenoxy) is 1. The van der Waals surface area contributed by atoms with Crippen molar-refractivity contribution in [1.29, 1.82) is 0 Å². The Kier molecular flexibility index (Phi) is 3.58. The van der Waals surface area contributed by atoms with Crippen LogP contribution >= 0.6 is 11.6 Å². The maximum Gasteiger partial charge on any atom is 0.225 e. The lowest BCUT2D eigenvalue weighted by atomic mass is 10.1. The highest BCUT2D eigenvalue weighted by molar-refractivity contribution is 6.30.